The minimum absolute atomic E-state index is 0.0344. The van der Waals surface area contributed by atoms with Crippen LogP contribution >= 0.6 is 0 Å². The third kappa shape index (κ3) is 5.17. The minimum Gasteiger partial charge on any atom is -0.388 e. The highest BCUT2D eigenvalue weighted by molar-refractivity contribution is 5.79. The van der Waals surface area contributed by atoms with E-state index in [-0.39, 0.29) is 24.1 Å². The molecule has 0 radical (unpaired) electrons. The van der Waals surface area contributed by atoms with E-state index in [9.17, 15) is 20.0 Å². The summed E-state index contributed by atoms with van der Waals surface area (Å²) in [6, 6.07) is 15.0. The third-order valence-corrected chi connectivity index (χ3v) is 3.65. The molecular formula is C18H20N2O4. The average Bonchev–Trinajstić information content (AvgIpc) is 2.55. The molecule has 0 unspecified atom stereocenters. The van der Waals surface area contributed by atoms with Crippen molar-refractivity contribution in [3.63, 3.8) is 0 Å². The van der Waals surface area contributed by atoms with Crippen molar-refractivity contribution >= 4 is 11.6 Å². The number of benzene rings is 2. The Morgan fingerprint density at radius 1 is 1.21 bits per heavy atom. The maximum atomic E-state index is 12.1. The van der Waals surface area contributed by atoms with E-state index in [1.54, 1.807) is 12.1 Å². The minimum atomic E-state index is -0.653. The van der Waals surface area contributed by atoms with Gasteiger partial charge in [-0.25, -0.2) is 0 Å². The molecule has 6 heteroatoms. The SMILES string of the molecule is C[C@H](C[C@H](O)c1ccccc1)NC(=O)Cc1cccc([N+](=O)[O-])c1. The Morgan fingerprint density at radius 3 is 2.58 bits per heavy atom. The summed E-state index contributed by atoms with van der Waals surface area (Å²) < 4.78 is 0. The van der Waals surface area contributed by atoms with Crippen molar-refractivity contribution in [1.82, 2.24) is 5.32 Å². The highest BCUT2D eigenvalue weighted by atomic mass is 16.6. The molecule has 0 saturated carbocycles. The molecule has 2 aromatic carbocycles. The number of nitrogens with zero attached hydrogens (tertiary/aromatic N) is 1. The Kier molecular flexibility index (Phi) is 6.03. The van der Waals surface area contributed by atoms with Crippen LogP contribution in [0.25, 0.3) is 0 Å². The van der Waals surface area contributed by atoms with Gasteiger partial charge in [0.2, 0.25) is 5.91 Å². The van der Waals surface area contributed by atoms with Gasteiger partial charge in [0, 0.05) is 18.2 Å². The van der Waals surface area contributed by atoms with Gasteiger partial charge in [-0.15, -0.1) is 0 Å². The van der Waals surface area contributed by atoms with Crippen LogP contribution in [0.15, 0.2) is 54.6 Å². The topological polar surface area (TPSA) is 92.5 Å². The Labute approximate surface area is 140 Å². The van der Waals surface area contributed by atoms with Crippen LogP contribution in [-0.4, -0.2) is 22.0 Å². The van der Waals surface area contributed by atoms with Crippen LogP contribution in [0.1, 0.15) is 30.6 Å². The van der Waals surface area contributed by atoms with Gasteiger partial charge in [-0.3, -0.25) is 14.9 Å². The van der Waals surface area contributed by atoms with E-state index in [0.29, 0.717) is 12.0 Å². The van der Waals surface area contributed by atoms with Gasteiger partial charge in [0.1, 0.15) is 0 Å². The van der Waals surface area contributed by atoms with Crippen LogP contribution < -0.4 is 5.32 Å². The number of carbonyl (C=O) groups is 1. The lowest BCUT2D eigenvalue weighted by Crippen LogP contribution is -2.34. The van der Waals surface area contributed by atoms with Crippen LogP contribution in [0, 0.1) is 10.1 Å². The summed E-state index contributed by atoms with van der Waals surface area (Å²) in [6.07, 6.45) is -0.197. The summed E-state index contributed by atoms with van der Waals surface area (Å²) in [7, 11) is 0. The van der Waals surface area contributed by atoms with Gasteiger partial charge in [-0.05, 0) is 24.5 Å². The zero-order valence-corrected chi connectivity index (χ0v) is 13.4. The van der Waals surface area contributed by atoms with Crippen molar-refractivity contribution in [2.24, 2.45) is 0 Å². The van der Waals surface area contributed by atoms with E-state index < -0.39 is 11.0 Å². The first-order chi connectivity index (χ1) is 11.5. The van der Waals surface area contributed by atoms with Gasteiger partial charge >= 0.3 is 0 Å². The first-order valence-electron chi connectivity index (χ1n) is 7.71. The lowest BCUT2D eigenvalue weighted by molar-refractivity contribution is -0.384. The summed E-state index contributed by atoms with van der Waals surface area (Å²) in [5.74, 6) is -0.233. The molecule has 2 N–H and O–H groups in total. The molecular weight excluding hydrogens is 308 g/mol. The van der Waals surface area contributed by atoms with Gasteiger partial charge in [0.15, 0.2) is 0 Å². The second-order valence-corrected chi connectivity index (χ2v) is 5.73. The largest absolute Gasteiger partial charge is 0.388 e. The van der Waals surface area contributed by atoms with Gasteiger partial charge < -0.3 is 10.4 Å². The Bertz CT molecular complexity index is 703. The molecule has 0 aliphatic rings. The molecule has 0 aliphatic carbocycles. The molecule has 2 atom stereocenters. The van der Waals surface area contributed by atoms with Gasteiger partial charge in [0.05, 0.1) is 17.4 Å². The standard InChI is InChI=1S/C18H20N2O4/c1-13(10-17(21)15-7-3-2-4-8-15)19-18(22)12-14-6-5-9-16(11-14)20(23)24/h2-9,11,13,17,21H,10,12H2,1H3,(H,19,22)/t13-,17+/m1/s1. The number of amides is 1. The lowest BCUT2D eigenvalue weighted by atomic mass is 10.0. The Hall–Kier alpha value is -2.73. The molecule has 0 spiro atoms. The molecule has 0 heterocycles. The number of hydrogen-bond acceptors (Lipinski definition) is 4. The molecule has 126 valence electrons. The highest BCUT2D eigenvalue weighted by Gasteiger charge is 2.15. The van der Waals surface area contributed by atoms with Crippen molar-refractivity contribution in [3.05, 3.63) is 75.8 Å². The highest BCUT2D eigenvalue weighted by Crippen LogP contribution is 2.18. The summed E-state index contributed by atoms with van der Waals surface area (Å²) >= 11 is 0. The second kappa shape index (κ2) is 8.21. The molecule has 2 rings (SSSR count). The van der Waals surface area contributed by atoms with Crippen LogP contribution in [-0.2, 0) is 11.2 Å². The predicted molar refractivity (Wildman–Crippen MR) is 90.4 cm³/mol. The first kappa shape index (κ1) is 17.6. The molecule has 0 aromatic heterocycles. The van der Waals surface area contributed by atoms with Crippen molar-refractivity contribution in [2.75, 3.05) is 0 Å². The van der Waals surface area contributed by atoms with E-state index >= 15 is 0 Å². The first-order valence-corrected chi connectivity index (χ1v) is 7.71. The van der Waals surface area contributed by atoms with Crippen molar-refractivity contribution in [2.45, 2.75) is 31.9 Å². The smallest absolute Gasteiger partial charge is 0.269 e. The number of nitro benzene ring substituents is 1. The number of aliphatic hydroxyl groups excluding tert-OH is 1. The van der Waals surface area contributed by atoms with E-state index in [1.807, 2.05) is 37.3 Å². The number of nitrogens with one attached hydrogen (secondary N) is 1. The molecule has 2 aromatic rings. The van der Waals surface area contributed by atoms with Crippen LogP contribution in [0.3, 0.4) is 0 Å². The fourth-order valence-corrected chi connectivity index (χ4v) is 2.50. The van der Waals surface area contributed by atoms with Gasteiger partial charge in [0.25, 0.3) is 5.69 Å². The molecule has 0 saturated heterocycles. The maximum absolute atomic E-state index is 12.1. The fourth-order valence-electron chi connectivity index (χ4n) is 2.50. The van der Waals surface area contributed by atoms with E-state index in [2.05, 4.69) is 5.32 Å². The summed E-state index contributed by atoms with van der Waals surface area (Å²) in [6.45, 7) is 1.82. The Morgan fingerprint density at radius 2 is 1.92 bits per heavy atom. The average molecular weight is 328 g/mol. The van der Waals surface area contributed by atoms with Crippen LogP contribution in [0.2, 0.25) is 0 Å². The quantitative estimate of drug-likeness (QED) is 0.604. The fraction of sp³-hybridized carbons (Fsp3) is 0.278. The number of nitro groups is 1. The summed E-state index contributed by atoms with van der Waals surface area (Å²) in [5, 5.41) is 23.7. The molecule has 1 amide bonds. The van der Waals surface area contributed by atoms with E-state index in [0.717, 1.165) is 5.56 Å². The zero-order chi connectivity index (χ0) is 17.5. The number of carbonyl (C=O) groups excluding carboxylic acids is 1. The number of non-ortho nitro benzene ring substituents is 1. The van der Waals surface area contributed by atoms with E-state index in [4.69, 9.17) is 0 Å². The number of aliphatic hydroxyl groups is 1. The van der Waals surface area contributed by atoms with Crippen LogP contribution in [0.4, 0.5) is 5.69 Å². The van der Waals surface area contributed by atoms with Crippen LogP contribution in [0.5, 0.6) is 0 Å². The van der Waals surface area contributed by atoms with Crippen molar-refractivity contribution in [1.29, 1.82) is 0 Å². The molecule has 0 aliphatic heterocycles. The number of rotatable bonds is 7. The predicted octanol–water partition coefficient (Wildman–Crippen LogP) is 2.77. The lowest BCUT2D eigenvalue weighted by Gasteiger charge is -2.18. The molecule has 0 fully saturated rings. The molecule has 0 bridgehead atoms. The van der Waals surface area contributed by atoms with Crippen molar-refractivity contribution in [3.8, 4) is 0 Å². The van der Waals surface area contributed by atoms with Crippen molar-refractivity contribution < 1.29 is 14.8 Å². The summed E-state index contributed by atoms with van der Waals surface area (Å²) in [4.78, 5) is 22.3. The molecule has 24 heavy (non-hydrogen) atoms. The van der Waals surface area contributed by atoms with Gasteiger partial charge in [-0.2, -0.15) is 0 Å². The third-order valence-electron chi connectivity index (χ3n) is 3.65. The van der Waals surface area contributed by atoms with E-state index in [1.165, 1.54) is 12.1 Å². The monoisotopic (exact) mass is 328 g/mol. The number of hydrogen-bond donors (Lipinski definition) is 2. The molecule has 6 nitrogen and oxygen atoms in total. The Balaban J connectivity index is 1.87. The normalized spacial score (nSPS) is 13.1. The summed E-state index contributed by atoms with van der Waals surface area (Å²) in [5.41, 5.74) is 1.35. The zero-order valence-electron chi connectivity index (χ0n) is 13.4. The maximum Gasteiger partial charge on any atom is 0.269 e. The van der Waals surface area contributed by atoms with Gasteiger partial charge in [-0.1, -0.05) is 42.5 Å². The second-order valence-electron chi connectivity index (χ2n) is 5.73.